The molecule has 2 rings (SSSR count). The second-order valence-electron chi connectivity index (χ2n) is 4.96. The Kier molecular flexibility index (Phi) is 4.30. The third kappa shape index (κ3) is 2.83. The fourth-order valence-corrected chi connectivity index (χ4v) is 2.52. The van der Waals surface area contributed by atoms with Crippen molar-refractivity contribution in [1.82, 2.24) is 0 Å². The van der Waals surface area contributed by atoms with Crippen LogP contribution in [0, 0.1) is 6.92 Å². The van der Waals surface area contributed by atoms with E-state index in [4.69, 9.17) is 4.74 Å². The van der Waals surface area contributed by atoms with Crippen LogP contribution in [0.25, 0.3) is 0 Å². The fraction of sp³-hybridized carbons (Fsp3) is 0.533. The van der Waals surface area contributed by atoms with Crippen LogP contribution in [0.1, 0.15) is 42.1 Å². The summed E-state index contributed by atoms with van der Waals surface area (Å²) >= 11 is 0. The Morgan fingerprint density at radius 1 is 1.37 bits per heavy atom. The number of carboxylic acid groups (broad SMARTS) is 1. The summed E-state index contributed by atoms with van der Waals surface area (Å²) in [5, 5.41) is 9.32. The van der Waals surface area contributed by atoms with Crippen LogP contribution in [0.2, 0.25) is 0 Å². The van der Waals surface area contributed by atoms with E-state index in [1.807, 2.05) is 19.9 Å². The van der Waals surface area contributed by atoms with Crippen molar-refractivity contribution < 1.29 is 14.6 Å². The van der Waals surface area contributed by atoms with Gasteiger partial charge in [0.1, 0.15) is 5.56 Å². The molecule has 19 heavy (non-hydrogen) atoms. The Morgan fingerprint density at radius 3 is 2.63 bits per heavy atom. The molecule has 104 valence electrons. The quantitative estimate of drug-likeness (QED) is 0.887. The highest BCUT2D eigenvalue weighted by molar-refractivity contribution is 5.94. The van der Waals surface area contributed by atoms with Crippen molar-refractivity contribution in [1.29, 1.82) is 0 Å². The normalized spacial score (nSPS) is 14.7. The van der Waals surface area contributed by atoms with Gasteiger partial charge in [0, 0.05) is 13.1 Å². The van der Waals surface area contributed by atoms with Gasteiger partial charge in [-0.05, 0) is 37.8 Å². The maximum Gasteiger partial charge on any atom is 0.339 e. The zero-order chi connectivity index (χ0) is 13.8. The first-order valence-corrected chi connectivity index (χ1v) is 6.89. The average molecular weight is 263 g/mol. The molecule has 0 unspecified atom stereocenters. The molecular formula is C15H21NO3. The first-order chi connectivity index (χ1) is 9.15. The third-order valence-corrected chi connectivity index (χ3v) is 3.44. The smallest absolute Gasteiger partial charge is 0.339 e. The standard InChI is InChI=1S/C15H21NO3/c1-3-10-19-14-12(15(17)18)7-6-11(2)13(14)16-8-4-5-9-16/h6-7H,3-5,8-10H2,1-2H3,(H,17,18). The van der Waals surface area contributed by atoms with Crippen molar-refractivity contribution in [3.63, 3.8) is 0 Å². The predicted molar refractivity (Wildman–Crippen MR) is 75.4 cm³/mol. The number of aromatic carboxylic acids is 1. The number of hydrogen-bond acceptors (Lipinski definition) is 3. The fourth-order valence-electron chi connectivity index (χ4n) is 2.52. The van der Waals surface area contributed by atoms with Crippen molar-refractivity contribution in [3.8, 4) is 5.75 Å². The van der Waals surface area contributed by atoms with E-state index in [2.05, 4.69) is 4.90 Å². The number of ether oxygens (including phenoxy) is 1. The minimum atomic E-state index is -0.924. The van der Waals surface area contributed by atoms with Gasteiger partial charge < -0.3 is 14.7 Å². The summed E-state index contributed by atoms with van der Waals surface area (Å²) in [5.41, 5.74) is 2.31. The van der Waals surface area contributed by atoms with E-state index in [-0.39, 0.29) is 5.56 Å². The molecular weight excluding hydrogens is 242 g/mol. The summed E-state index contributed by atoms with van der Waals surface area (Å²) in [6.45, 7) is 6.53. The van der Waals surface area contributed by atoms with Crippen LogP contribution in [-0.2, 0) is 0 Å². The summed E-state index contributed by atoms with van der Waals surface area (Å²) in [6.07, 6.45) is 3.18. The monoisotopic (exact) mass is 263 g/mol. The molecule has 1 heterocycles. The molecule has 1 fully saturated rings. The Morgan fingerprint density at radius 2 is 2.05 bits per heavy atom. The Hall–Kier alpha value is -1.71. The molecule has 1 aromatic rings. The Balaban J connectivity index is 2.47. The lowest BCUT2D eigenvalue weighted by Crippen LogP contribution is -2.21. The summed E-state index contributed by atoms with van der Waals surface area (Å²) in [4.78, 5) is 13.6. The molecule has 0 amide bonds. The third-order valence-electron chi connectivity index (χ3n) is 3.44. The van der Waals surface area contributed by atoms with Gasteiger partial charge in [-0.25, -0.2) is 4.79 Å². The molecule has 1 saturated heterocycles. The molecule has 0 radical (unpaired) electrons. The minimum absolute atomic E-state index is 0.265. The average Bonchev–Trinajstić information content (AvgIpc) is 2.89. The molecule has 0 atom stereocenters. The van der Waals surface area contributed by atoms with Crippen molar-refractivity contribution in [3.05, 3.63) is 23.3 Å². The van der Waals surface area contributed by atoms with Crippen LogP contribution >= 0.6 is 0 Å². The van der Waals surface area contributed by atoms with Gasteiger partial charge in [0.25, 0.3) is 0 Å². The summed E-state index contributed by atoms with van der Waals surface area (Å²) in [7, 11) is 0. The van der Waals surface area contributed by atoms with Gasteiger partial charge in [-0.3, -0.25) is 0 Å². The molecule has 0 aliphatic carbocycles. The molecule has 1 aliphatic heterocycles. The van der Waals surface area contributed by atoms with E-state index < -0.39 is 5.97 Å². The van der Waals surface area contributed by atoms with Crippen molar-refractivity contribution in [2.45, 2.75) is 33.1 Å². The Bertz CT molecular complexity index is 465. The maximum atomic E-state index is 11.4. The Labute approximate surface area is 114 Å². The largest absolute Gasteiger partial charge is 0.491 e. The lowest BCUT2D eigenvalue weighted by atomic mass is 10.1. The zero-order valence-electron chi connectivity index (χ0n) is 11.6. The predicted octanol–water partition coefficient (Wildman–Crippen LogP) is 3.08. The molecule has 1 aromatic carbocycles. The van der Waals surface area contributed by atoms with Crippen LogP contribution < -0.4 is 9.64 Å². The SMILES string of the molecule is CCCOc1c(C(=O)O)ccc(C)c1N1CCCC1. The molecule has 1 aliphatic rings. The molecule has 0 aromatic heterocycles. The molecule has 0 spiro atoms. The highest BCUT2D eigenvalue weighted by Crippen LogP contribution is 2.37. The van der Waals surface area contributed by atoms with E-state index in [1.54, 1.807) is 6.07 Å². The molecule has 0 saturated carbocycles. The number of carboxylic acids is 1. The van der Waals surface area contributed by atoms with Gasteiger partial charge in [0.15, 0.2) is 5.75 Å². The van der Waals surface area contributed by atoms with Gasteiger partial charge in [-0.2, -0.15) is 0 Å². The van der Waals surface area contributed by atoms with Gasteiger partial charge in [0.05, 0.1) is 12.3 Å². The first kappa shape index (κ1) is 13.7. The topological polar surface area (TPSA) is 49.8 Å². The number of anilines is 1. The van der Waals surface area contributed by atoms with Gasteiger partial charge >= 0.3 is 5.97 Å². The summed E-state index contributed by atoms with van der Waals surface area (Å²) in [6, 6.07) is 3.51. The lowest BCUT2D eigenvalue weighted by molar-refractivity contribution is 0.0692. The summed E-state index contributed by atoms with van der Waals surface area (Å²) in [5.74, 6) is -0.386. The summed E-state index contributed by atoms with van der Waals surface area (Å²) < 4.78 is 5.75. The van der Waals surface area contributed by atoms with Crippen molar-refractivity contribution in [2.24, 2.45) is 0 Å². The van der Waals surface area contributed by atoms with Crippen LogP contribution in [0.5, 0.6) is 5.75 Å². The van der Waals surface area contributed by atoms with E-state index >= 15 is 0 Å². The number of rotatable bonds is 5. The lowest BCUT2D eigenvalue weighted by Gasteiger charge is -2.24. The second kappa shape index (κ2) is 5.95. The van der Waals surface area contributed by atoms with Crippen molar-refractivity contribution in [2.75, 3.05) is 24.6 Å². The maximum absolute atomic E-state index is 11.4. The van der Waals surface area contributed by atoms with E-state index in [9.17, 15) is 9.90 Å². The van der Waals surface area contributed by atoms with E-state index in [0.29, 0.717) is 12.4 Å². The highest BCUT2D eigenvalue weighted by Gasteiger charge is 2.23. The van der Waals surface area contributed by atoms with Gasteiger partial charge in [-0.15, -0.1) is 0 Å². The number of benzene rings is 1. The van der Waals surface area contributed by atoms with Crippen LogP contribution in [-0.4, -0.2) is 30.8 Å². The van der Waals surface area contributed by atoms with Gasteiger partial charge in [-0.1, -0.05) is 13.0 Å². The molecule has 4 heteroatoms. The molecule has 0 bridgehead atoms. The number of carbonyl (C=O) groups is 1. The first-order valence-electron chi connectivity index (χ1n) is 6.89. The molecule has 1 N–H and O–H groups in total. The van der Waals surface area contributed by atoms with Crippen molar-refractivity contribution >= 4 is 11.7 Å². The second-order valence-corrected chi connectivity index (χ2v) is 4.96. The van der Waals surface area contributed by atoms with Crippen LogP contribution in [0.4, 0.5) is 5.69 Å². The van der Waals surface area contributed by atoms with Crippen LogP contribution in [0.15, 0.2) is 12.1 Å². The highest BCUT2D eigenvalue weighted by atomic mass is 16.5. The number of aryl methyl sites for hydroxylation is 1. The zero-order valence-corrected chi connectivity index (χ0v) is 11.6. The van der Waals surface area contributed by atoms with E-state index in [0.717, 1.165) is 43.6 Å². The van der Waals surface area contributed by atoms with E-state index in [1.165, 1.54) is 0 Å². The number of hydrogen-bond donors (Lipinski definition) is 1. The number of nitrogens with zero attached hydrogens (tertiary/aromatic N) is 1. The van der Waals surface area contributed by atoms with Crippen LogP contribution in [0.3, 0.4) is 0 Å². The van der Waals surface area contributed by atoms with Gasteiger partial charge in [0.2, 0.25) is 0 Å². The molecule has 4 nitrogen and oxygen atoms in total. The minimum Gasteiger partial charge on any atom is -0.491 e.